The van der Waals surface area contributed by atoms with E-state index in [1.807, 2.05) is 6.92 Å². The Morgan fingerprint density at radius 2 is 2.27 bits per heavy atom. The minimum Gasteiger partial charge on any atom is -0.466 e. The van der Waals surface area contributed by atoms with Gasteiger partial charge in [0.15, 0.2) is 0 Å². The van der Waals surface area contributed by atoms with Gasteiger partial charge in [0.05, 0.1) is 13.0 Å². The molecule has 1 heterocycles. The van der Waals surface area contributed by atoms with Gasteiger partial charge in [-0.25, -0.2) is 0 Å². The molecule has 0 bridgehead atoms. The van der Waals surface area contributed by atoms with Crippen LogP contribution in [0.3, 0.4) is 0 Å². The predicted octanol–water partition coefficient (Wildman–Crippen LogP) is 2.06. The van der Waals surface area contributed by atoms with Crippen LogP contribution in [0.2, 0.25) is 0 Å². The molecule has 0 aromatic rings. The summed E-state index contributed by atoms with van der Waals surface area (Å²) in [6.07, 6.45) is 4.44. The van der Waals surface area contributed by atoms with Gasteiger partial charge < -0.3 is 9.64 Å². The van der Waals surface area contributed by atoms with Crippen LogP contribution >= 0.6 is 0 Å². The van der Waals surface area contributed by atoms with Gasteiger partial charge in [-0.3, -0.25) is 4.79 Å². The molecule has 1 aliphatic heterocycles. The maximum absolute atomic E-state index is 11.2. The number of ether oxygens (including phenoxy) is 1. The van der Waals surface area contributed by atoms with Crippen molar-refractivity contribution in [2.24, 2.45) is 5.92 Å². The molecule has 0 aromatic carbocycles. The van der Waals surface area contributed by atoms with Gasteiger partial charge in [-0.1, -0.05) is 13.3 Å². The van der Waals surface area contributed by atoms with E-state index in [1.165, 1.54) is 19.3 Å². The zero-order chi connectivity index (χ0) is 11.1. The second kappa shape index (κ2) is 6.83. The standard InChI is InChI=1S/C12H23NO2/c1-3-11-6-5-8-13(10-11)9-7-12(14)15-4-2/h11H,3-10H2,1-2H3/t11-/m0/s1. The summed E-state index contributed by atoms with van der Waals surface area (Å²) < 4.78 is 4.92. The highest BCUT2D eigenvalue weighted by atomic mass is 16.5. The van der Waals surface area contributed by atoms with E-state index in [-0.39, 0.29) is 5.97 Å². The van der Waals surface area contributed by atoms with E-state index in [1.54, 1.807) is 0 Å². The predicted molar refractivity (Wildman–Crippen MR) is 60.7 cm³/mol. The number of esters is 1. The van der Waals surface area contributed by atoms with Crippen LogP contribution in [-0.2, 0) is 9.53 Å². The molecular formula is C12H23NO2. The molecule has 3 nitrogen and oxygen atoms in total. The fourth-order valence-corrected chi connectivity index (χ4v) is 2.17. The van der Waals surface area contributed by atoms with Crippen LogP contribution in [0.25, 0.3) is 0 Å². The molecule has 0 saturated carbocycles. The second-order valence-electron chi connectivity index (χ2n) is 4.27. The minimum absolute atomic E-state index is 0.0591. The molecule has 1 saturated heterocycles. The maximum atomic E-state index is 11.2. The number of likely N-dealkylation sites (tertiary alicyclic amines) is 1. The lowest BCUT2D eigenvalue weighted by Gasteiger charge is -2.31. The quantitative estimate of drug-likeness (QED) is 0.655. The molecule has 3 heteroatoms. The summed E-state index contributed by atoms with van der Waals surface area (Å²) in [7, 11) is 0. The number of nitrogens with zero attached hydrogens (tertiary/aromatic N) is 1. The first-order valence-electron chi connectivity index (χ1n) is 6.14. The Bertz CT molecular complexity index is 194. The third-order valence-corrected chi connectivity index (χ3v) is 3.12. The van der Waals surface area contributed by atoms with E-state index in [0.29, 0.717) is 13.0 Å². The van der Waals surface area contributed by atoms with Crippen LogP contribution in [0.4, 0.5) is 0 Å². The summed E-state index contributed by atoms with van der Waals surface area (Å²) in [4.78, 5) is 13.6. The smallest absolute Gasteiger partial charge is 0.307 e. The van der Waals surface area contributed by atoms with Crippen molar-refractivity contribution in [3.8, 4) is 0 Å². The first-order chi connectivity index (χ1) is 7.26. The fraction of sp³-hybridized carbons (Fsp3) is 0.917. The van der Waals surface area contributed by atoms with Crippen LogP contribution in [0, 0.1) is 5.92 Å². The molecule has 0 spiro atoms. The first kappa shape index (κ1) is 12.5. The van der Waals surface area contributed by atoms with Gasteiger partial charge in [0.1, 0.15) is 0 Å². The summed E-state index contributed by atoms with van der Waals surface area (Å²) >= 11 is 0. The van der Waals surface area contributed by atoms with Gasteiger partial charge in [0.2, 0.25) is 0 Å². The van der Waals surface area contributed by atoms with Crippen molar-refractivity contribution >= 4 is 5.97 Å². The van der Waals surface area contributed by atoms with E-state index >= 15 is 0 Å². The molecule has 1 rings (SSSR count). The Morgan fingerprint density at radius 1 is 1.47 bits per heavy atom. The first-order valence-corrected chi connectivity index (χ1v) is 6.14. The lowest BCUT2D eigenvalue weighted by Crippen LogP contribution is -2.36. The molecule has 1 atom stereocenters. The molecule has 1 fully saturated rings. The van der Waals surface area contributed by atoms with Crippen molar-refractivity contribution in [2.75, 3.05) is 26.2 Å². The number of rotatable bonds is 5. The summed E-state index contributed by atoms with van der Waals surface area (Å²) in [5, 5.41) is 0. The molecule has 0 amide bonds. The Morgan fingerprint density at radius 3 is 2.93 bits per heavy atom. The van der Waals surface area contributed by atoms with Gasteiger partial charge in [0.25, 0.3) is 0 Å². The lowest BCUT2D eigenvalue weighted by molar-refractivity contribution is -0.143. The molecule has 15 heavy (non-hydrogen) atoms. The Balaban J connectivity index is 2.17. The Kier molecular flexibility index (Phi) is 5.69. The van der Waals surface area contributed by atoms with Crippen LogP contribution < -0.4 is 0 Å². The molecule has 1 aliphatic rings. The molecule has 88 valence electrons. The number of piperidine rings is 1. The summed E-state index contributed by atoms with van der Waals surface area (Å²) in [5.41, 5.74) is 0. The summed E-state index contributed by atoms with van der Waals surface area (Å²) in [5.74, 6) is 0.775. The zero-order valence-electron chi connectivity index (χ0n) is 10.00. The van der Waals surface area contributed by atoms with E-state index in [2.05, 4.69) is 11.8 Å². The molecule has 0 radical (unpaired) electrons. The van der Waals surface area contributed by atoms with Crippen molar-refractivity contribution in [3.05, 3.63) is 0 Å². The van der Waals surface area contributed by atoms with Crippen LogP contribution in [0.5, 0.6) is 0 Å². The number of hydrogen-bond donors (Lipinski definition) is 0. The summed E-state index contributed by atoms with van der Waals surface area (Å²) in [6, 6.07) is 0. The third-order valence-electron chi connectivity index (χ3n) is 3.12. The van der Waals surface area contributed by atoms with Crippen molar-refractivity contribution in [1.82, 2.24) is 4.90 Å². The van der Waals surface area contributed by atoms with E-state index in [4.69, 9.17) is 4.74 Å². The monoisotopic (exact) mass is 213 g/mol. The molecule has 0 aromatic heterocycles. The zero-order valence-corrected chi connectivity index (χ0v) is 10.00. The number of carbonyl (C=O) groups excluding carboxylic acids is 1. The molecule has 0 aliphatic carbocycles. The van der Waals surface area contributed by atoms with Gasteiger partial charge >= 0.3 is 5.97 Å². The average Bonchev–Trinajstić information content (AvgIpc) is 2.27. The fourth-order valence-electron chi connectivity index (χ4n) is 2.17. The highest BCUT2D eigenvalue weighted by molar-refractivity contribution is 5.69. The van der Waals surface area contributed by atoms with Gasteiger partial charge in [-0.05, 0) is 32.2 Å². The highest BCUT2D eigenvalue weighted by Crippen LogP contribution is 2.18. The third kappa shape index (κ3) is 4.65. The SMILES string of the molecule is CCOC(=O)CCN1CCC[C@H](CC)C1. The lowest BCUT2D eigenvalue weighted by atomic mass is 9.95. The molecule has 0 unspecified atom stereocenters. The van der Waals surface area contributed by atoms with Crippen LogP contribution in [-0.4, -0.2) is 37.1 Å². The van der Waals surface area contributed by atoms with Gasteiger partial charge in [0, 0.05) is 13.1 Å². The van der Waals surface area contributed by atoms with Gasteiger partial charge in [-0.2, -0.15) is 0 Å². The van der Waals surface area contributed by atoms with E-state index in [9.17, 15) is 4.79 Å². The Labute approximate surface area is 92.8 Å². The maximum Gasteiger partial charge on any atom is 0.307 e. The number of carbonyl (C=O) groups is 1. The van der Waals surface area contributed by atoms with Crippen LogP contribution in [0.1, 0.15) is 39.5 Å². The second-order valence-corrected chi connectivity index (χ2v) is 4.27. The number of hydrogen-bond acceptors (Lipinski definition) is 3. The minimum atomic E-state index is -0.0591. The largest absolute Gasteiger partial charge is 0.466 e. The average molecular weight is 213 g/mol. The summed E-state index contributed by atoms with van der Waals surface area (Å²) in [6.45, 7) is 7.78. The van der Waals surface area contributed by atoms with Crippen molar-refractivity contribution in [1.29, 1.82) is 0 Å². The van der Waals surface area contributed by atoms with E-state index < -0.39 is 0 Å². The normalized spacial score (nSPS) is 22.7. The van der Waals surface area contributed by atoms with E-state index in [0.717, 1.165) is 25.6 Å². The van der Waals surface area contributed by atoms with Crippen molar-refractivity contribution in [3.63, 3.8) is 0 Å². The van der Waals surface area contributed by atoms with Crippen molar-refractivity contribution < 1.29 is 9.53 Å². The van der Waals surface area contributed by atoms with Crippen LogP contribution in [0.15, 0.2) is 0 Å². The van der Waals surface area contributed by atoms with Crippen molar-refractivity contribution in [2.45, 2.75) is 39.5 Å². The van der Waals surface area contributed by atoms with Gasteiger partial charge in [-0.15, -0.1) is 0 Å². The highest BCUT2D eigenvalue weighted by Gasteiger charge is 2.18. The Hall–Kier alpha value is -0.570. The molecule has 0 N–H and O–H groups in total. The topological polar surface area (TPSA) is 29.5 Å². The molecular weight excluding hydrogens is 190 g/mol.